The van der Waals surface area contributed by atoms with Crippen LogP contribution in [0.1, 0.15) is 83.5 Å². The van der Waals surface area contributed by atoms with E-state index in [1.165, 1.54) is 6.42 Å². The van der Waals surface area contributed by atoms with Gasteiger partial charge in [0.15, 0.2) is 0 Å². The molecule has 2 aromatic heterocycles. The summed E-state index contributed by atoms with van der Waals surface area (Å²) in [7, 11) is -0.275. The predicted octanol–water partition coefficient (Wildman–Crippen LogP) is 4.23. The second-order valence-electron chi connectivity index (χ2n) is 13.3. The fourth-order valence-corrected chi connectivity index (χ4v) is 8.04. The molecule has 10 nitrogen and oxygen atoms in total. The molecular weight excluding hydrogens is 769 g/mol. The Morgan fingerprint density at radius 3 is 2.15 bits per heavy atom. The minimum Gasteiger partial charge on any atom is -0.573 e. The third-order valence-electron chi connectivity index (χ3n) is 10.5. The zero-order valence-corrected chi connectivity index (χ0v) is 30.4. The molecule has 4 heterocycles. The number of rotatable bonds is 11. The maximum absolute atomic E-state index is 13.3. The summed E-state index contributed by atoms with van der Waals surface area (Å²) in [5, 5.41) is 0. The van der Waals surface area contributed by atoms with E-state index in [-0.39, 0.29) is 51.1 Å². The smallest absolute Gasteiger partial charge is 0.481 e. The molecule has 1 amide bonds. The van der Waals surface area contributed by atoms with Gasteiger partial charge in [-0.2, -0.15) is 0 Å². The first-order valence-electron chi connectivity index (χ1n) is 16.1. The molecule has 47 heavy (non-hydrogen) atoms. The topological polar surface area (TPSA) is 119 Å². The average Bonchev–Trinajstić information content (AvgIpc) is 3.73. The van der Waals surface area contributed by atoms with Crippen LogP contribution in [0.25, 0.3) is 0 Å². The van der Waals surface area contributed by atoms with E-state index in [9.17, 15) is 4.79 Å². The first-order chi connectivity index (χ1) is 22.3. The van der Waals surface area contributed by atoms with E-state index in [2.05, 4.69) is 73.0 Å². The van der Waals surface area contributed by atoms with Crippen LogP contribution in [0, 0.1) is 17.3 Å². The number of pyridine rings is 2. The molecule has 2 aromatic rings. The van der Waals surface area contributed by atoms with Crippen LogP contribution in [0.5, 0.6) is 0 Å². The van der Waals surface area contributed by atoms with Gasteiger partial charge >= 0.3 is 7.12 Å². The third kappa shape index (κ3) is 9.51. The minimum atomic E-state index is -0.275. The molecule has 2 aliphatic heterocycles. The summed E-state index contributed by atoms with van der Waals surface area (Å²) in [6.45, 7) is 22.7. The van der Waals surface area contributed by atoms with E-state index in [1.54, 1.807) is 0 Å². The Morgan fingerprint density at radius 2 is 1.60 bits per heavy atom. The second kappa shape index (κ2) is 19.4. The van der Waals surface area contributed by atoms with Gasteiger partial charge in [0.05, 0.1) is 29.0 Å². The van der Waals surface area contributed by atoms with Crippen LogP contribution in [0.3, 0.4) is 0 Å². The Morgan fingerprint density at radius 1 is 0.979 bits per heavy atom. The monoisotopic (exact) mass is 816 g/mol. The summed E-state index contributed by atoms with van der Waals surface area (Å²) in [6.07, 6.45) is 11.8. The van der Waals surface area contributed by atoms with Gasteiger partial charge in [0, 0.05) is 58.9 Å². The van der Waals surface area contributed by atoms with E-state index in [0.717, 1.165) is 82.0 Å². The first kappa shape index (κ1) is 40.6. The van der Waals surface area contributed by atoms with Crippen LogP contribution in [-0.2, 0) is 62.0 Å². The number of likely N-dealkylation sites (tertiary alicyclic amines) is 1. The molecule has 5 aliphatic rings. The molecule has 255 valence electrons. The van der Waals surface area contributed by atoms with Crippen molar-refractivity contribution in [3.8, 4) is 0 Å². The molecule has 0 aromatic carbocycles. The predicted molar refractivity (Wildman–Crippen MR) is 174 cm³/mol. The Balaban J connectivity index is 0.00000104. The Kier molecular flexibility index (Phi) is 16.7. The van der Waals surface area contributed by atoms with Crippen molar-refractivity contribution < 1.29 is 48.9 Å². The van der Waals surface area contributed by atoms with E-state index in [4.69, 9.17) is 23.7 Å². The summed E-state index contributed by atoms with van der Waals surface area (Å²) in [6, 6.07) is 12.1. The number of amides is 1. The average molecular weight is 816 g/mol. The third-order valence-corrected chi connectivity index (χ3v) is 10.5. The molecule has 0 N–H and O–H groups in total. The van der Waals surface area contributed by atoms with Crippen molar-refractivity contribution >= 4 is 33.4 Å². The molecule has 2 saturated heterocycles. The standard InChI is InChI=1S/C32H45BN4O3.CHO.2CO.Re/c1-31(2)24-20-27(31)32(3)28(21-24)39-33(40-32)29-14-11-19-37(29)30(38)15-5-4-10-18-36(22-25-12-6-8-16-34-25)23-26-13-7-9-17-35-26;3*1-2;/h6-9,12-13,16-17,24,27-29H,4-5,10-11,14-15,18-23H2,1-3H3;1H;;;/q;3*-1;/t24-,27?,28-,29?,32+;;;;/m1..../s1. The second-order valence-corrected chi connectivity index (χ2v) is 13.3. The van der Waals surface area contributed by atoms with Crippen molar-refractivity contribution in [2.24, 2.45) is 17.3 Å². The summed E-state index contributed by atoms with van der Waals surface area (Å²) in [5.41, 5.74) is 2.26. The number of aromatic nitrogens is 2. The summed E-state index contributed by atoms with van der Waals surface area (Å²) in [4.78, 5) is 49.6. The quantitative estimate of drug-likeness (QED) is 0.142. The number of carbonyl (C=O) groups is 1. The van der Waals surface area contributed by atoms with Crippen molar-refractivity contribution in [3.63, 3.8) is 0 Å². The van der Waals surface area contributed by atoms with Crippen LogP contribution in [0.2, 0.25) is 0 Å². The van der Waals surface area contributed by atoms with Crippen LogP contribution in [0.4, 0.5) is 0 Å². The molecular formula is C35H46BN4O6Re-3. The number of hydrogen-bond donors (Lipinski definition) is 0. The van der Waals surface area contributed by atoms with Gasteiger partial charge in [0.25, 0.3) is 0 Å². The van der Waals surface area contributed by atoms with Crippen molar-refractivity contribution in [2.75, 3.05) is 13.1 Å². The van der Waals surface area contributed by atoms with Gasteiger partial charge in [-0.1, -0.05) is 32.4 Å². The van der Waals surface area contributed by atoms with E-state index < -0.39 is 0 Å². The number of nitrogens with zero attached hydrogens (tertiary/aromatic N) is 4. The molecule has 12 heteroatoms. The molecule has 3 radical (unpaired) electrons. The molecule has 5 atom stereocenters. The Bertz CT molecular complexity index is 1170. The zero-order valence-electron chi connectivity index (χ0n) is 27.7. The molecule has 3 saturated carbocycles. The SMILES string of the molecule is CC1(C)C2C[C@@H]1C[C@H]1OB(C3CCCN3C(=O)CCCCCN(Cc3ccccn3)Cc3ccccn3)O[C@@]21C.[C-]=O.[C-]=O.[CH-]=O.[Re]. The molecule has 7 rings (SSSR count). The van der Waals surface area contributed by atoms with Crippen molar-refractivity contribution in [3.05, 3.63) is 60.2 Å². The Hall–Kier alpha value is -2.61. The molecule has 5 fully saturated rings. The van der Waals surface area contributed by atoms with Crippen LogP contribution in [0.15, 0.2) is 48.8 Å². The summed E-state index contributed by atoms with van der Waals surface area (Å²) >= 11 is 0. The van der Waals surface area contributed by atoms with Crippen LogP contribution in [-0.4, -0.2) is 83.9 Å². The van der Waals surface area contributed by atoms with E-state index >= 15 is 0 Å². The van der Waals surface area contributed by atoms with Gasteiger partial charge in [0.2, 0.25) is 5.91 Å². The van der Waals surface area contributed by atoms with Gasteiger partial charge in [0.1, 0.15) is 0 Å². The fourth-order valence-electron chi connectivity index (χ4n) is 8.04. The number of unbranched alkanes of at least 4 members (excludes halogenated alkanes) is 2. The van der Waals surface area contributed by atoms with Gasteiger partial charge in [-0.15, -0.1) is 0 Å². The maximum atomic E-state index is 13.3. The molecule has 2 unspecified atom stereocenters. The van der Waals surface area contributed by atoms with Gasteiger partial charge in [-0.05, 0) is 93.5 Å². The van der Waals surface area contributed by atoms with Gasteiger partial charge in [-0.3, -0.25) is 26.5 Å². The zero-order chi connectivity index (χ0) is 33.7. The van der Waals surface area contributed by atoms with Crippen molar-refractivity contribution in [2.45, 2.75) is 103 Å². The molecule has 0 spiro atoms. The van der Waals surface area contributed by atoms with E-state index in [0.29, 0.717) is 17.8 Å². The number of carbonyl (C=O) groups excluding carboxylic acids is 4. The van der Waals surface area contributed by atoms with Crippen molar-refractivity contribution in [1.29, 1.82) is 0 Å². The normalized spacial score (nSPS) is 26.1. The van der Waals surface area contributed by atoms with E-state index in [1.807, 2.05) is 36.7 Å². The number of hydrogen-bond acceptors (Lipinski definition) is 9. The van der Waals surface area contributed by atoms with Crippen LogP contribution >= 0.6 is 0 Å². The largest absolute Gasteiger partial charge is 0.573 e. The van der Waals surface area contributed by atoms with Crippen LogP contribution < -0.4 is 0 Å². The summed E-state index contributed by atoms with van der Waals surface area (Å²) < 4.78 is 13.3. The van der Waals surface area contributed by atoms with Crippen molar-refractivity contribution in [1.82, 2.24) is 19.8 Å². The maximum Gasteiger partial charge on any atom is 0.481 e. The fraction of sp³-hybridized carbons (Fsp3) is 0.600. The van der Waals surface area contributed by atoms with Gasteiger partial charge in [-0.25, -0.2) is 0 Å². The molecule has 3 aliphatic carbocycles. The molecule has 2 bridgehead atoms. The Labute approximate surface area is 294 Å². The minimum absolute atomic E-state index is 0. The van der Waals surface area contributed by atoms with Gasteiger partial charge < -0.3 is 42.2 Å². The summed E-state index contributed by atoms with van der Waals surface area (Å²) in [5.74, 6) is 1.61. The first-order valence-corrected chi connectivity index (χ1v) is 16.1.